The van der Waals surface area contributed by atoms with E-state index in [0.717, 1.165) is 17.7 Å². The highest BCUT2D eigenvalue weighted by Gasteiger charge is 2.33. The van der Waals surface area contributed by atoms with Gasteiger partial charge in [0.1, 0.15) is 0 Å². The first-order chi connectivity index (χ1) is 13.5. The smallest absolute Gasteiger partial charge is 0.261 e. The van der Waals surface area contributed by atoms with Gasteiger partial charge in [0.05, 0.1) is 11.4 Å². The molecule has 7 heteroatoms. The molecule has 144 valence electrons. The van der Waals surface area contributed by atoms with Gasteiger partial charge < -0.3 is 4.90 Å². The molecule has 0 atom stereocenters. The highest BCUT2D eigenvalue weighted by Crippen LogP contribution is 2.31. The third-order valence-electron chi connectivity index (χ3n) is 4.59. The molecule has 1 aromatic heterocycles. The van der Waals surface area contributed by atoms with Crippen molar-refractivity contribution >= 4 is 33.0 Å². The highest BCUT2D eigenvalue weighted by atomic mass is 32.2. The molecule has 4 rings (SSSR count). The van der Waals surface area contributed by atoms with Crippen molar-refractivity contribution < 1.29 is 13.2 Å². The van der Waals surface area contributed by atoms with Crippen LogP contribution in [-0.2, 0) is 16.6 Å². The fourth-order valence-electron chi connectivity index (χ4n) is 2.99. The second-order valence-electron chi connectivity index (χ2n) is 6.74. The van der Waals surface area contributed by atoms with Crippen LogP contribution in [-0.4, -0.2) is 25.3 Å². The molecule has 3 aromatic rings. The molecule has 5 nitrogen and oxygen atoms in total. The van der Waals surface area contributed by atoms with Gasteiger partial charge in [-0.25, -0.2) is 8.42 Å². The lowest BCUT2D eigenvalue weighted by molar-refractivity contribution is 0.0731. The van der Waals surface area contributed by atoms with Crippen molar-refractivity contribution in [3.63, 3.8) is 0 Å². The quantitative estimate of drug-likeness (QED) is 0.627. The molecule has 1 heterocycles. The van der Waals surface area contributed by atoms with Gasteiger partial charge in [-0.05, 0) is 60.7 Å². The summed E-state index contributed by atoms with van der Waals surface area (Å²) >= 11 is 1.63. The van der Waals surface area contributed by atoms with Crippen LogP contribution in [0, 0.1) is 0 Å². The molecular weight excluding hydrogens is 392 g/mol. The molecule has 0 bridgehead atoms. The predicted molar refractivity (Wildman–Crippen MR) is 111 cm³/mol. The fraction of sp³-hybridized carbons (Fsp3) is 0.190. The lowest BCUT2D eigenvalue weighted by atomic mass is 10.2. The van der Waals surface area contributed by atoms with E-state index in [9.17, 15) is 13.2 Å². The number of anilines is 1. The predicted octanol–water partition coefficient (Wildman–Crippen LogP) is 4.35. The van der Waals surface area contributed by atoms with Gasteiger partial charge >= 0.3 is 0 Å². The van der Waals surface area contributed by atoms with Crippen LogP contribution < -0.4 is 4.72 Å². The second-order valence-corrected chi connectivity index (χ2v) is 9.45. The van der Waals surface area contributed by atoms with Crippen LogP contribution in [0.3, 0.4) is 0 Å². The first-order valence-electron chi connectivity index (χ1n) is 9.04. The molecule has 0 unspecified atom stereocenters. The van der Waals surface area contributed by atoms with Crippen LogP contribution in [0.5, 0.6) is 0 Å². The lowest BCUT2D eigenvalue weighted by Gasteiger charge is -2.22. The zero-order chi connectivity index (χ0) is 19.6. The van der Waals surface area contributed by atoms with Gasteiger partial charge in [0, 0.05) is 22.2 Å². The second kappa shape index (κ2) is 7.77. The Morgan fingerprint density at radius 3 is 2.32 bits per heavy atom. The van der Waals surface area contributed by atoms with Crippen molar-refractivity contribution in [2.24, 2.45) is 0 Å². The molecule has 28 heavy (non-hydrogen) atoms. The average Bonchev–Trinajstić information content (AvgIpc) is 3.41. The number of nitrogens with zero attached hydrogens (tertiary/aromatic N) is 1. The van der Waals surface area contributed by atoms with E-state index >= 15 is 0 Å². The average molecular weight is 413 g/mol. The molecule has 1 amide bonds. The van der Waals surface area contributed by atoms with Crippen LogP contribution in [0.4, 0.5) is 5.69 Å². The zero-order valence-corrected chi connectivity index (χ0v) is 16.7. The Balaban J connectivity index is 1.51. The van der Waals surface area contributed by atoms with Crippen LogP contribution in [0.15, 0.2) is 77.0 Å². The summed E-state index contributed by atoms with van der Waals surface area (Å²) in [7, 11) is -3.69. The van der Waals surface area contributed by atoms with Crippen LogP contribution in [0.1, 0.15) is 28.1 Å². The molecule has 1 saturated carbocycles. The first-order valence-corrected chi connectivity index (χ1v) is 11.4. The van der Waals surface area contributed by atoms with E-state index < -0.39 is 10.0 Å². The number of hydrogen-bond acceptors (Lipinski definition) is 4. The Morgan fingerprint density at radius 2 is 1.71 bits per heavy atom. The Hall–Kier alpha value is -2.64. The first kappa shape index (κ1) is 18.7. The number of hydrogen-bond donors (Lipinski definition) is 1. The van der Waals surface area contributed by atoms with E-state index in [1.807, 2.05) is 28.5 Å². The maximum absolute atomic E-state index is 13.0. The lowest BCUT2D eigenvalue weighted by Crippen LogP contribution is -2.32. The van der Waals surface area contributed by atoms with E-state index in [4.69, 9.17) is 0 Å². The van der Waals surface area contributed by atoms with Crippen molar-refractivity contribution in [2.45, 2.75) is 30.3 Å². The molecular formula is C21H20N2O3S2. The normalized spacial score (nSPS) is 13.9. The molecule has 1 N–H and O–H groups in total. The number of benzene rings is 2. The van der Waals surface area contributed by atoms with Crippen LogP contribution in [0.25, 0.3) is 0 Å². The molecule has 0 radical (unpaired) electrons. The van der Waals surface area contributed by atoms with Gasteiger partial charge in [-0.1, -0.05) is 24.3 Å². The van der Waals surface area contributed by atoms with E-state index in [0.29, 0.717) is 17.8 Å². The maximum atomic E-state index is 13.0. The summed E-state index contributed by atoms with van der Waals surface area (Å²) in [5, 5.41) is 2.00. The summed E-state index contributed by atoms with van der Waals surface area (Å²) in [6, 6.07) is 19.1. The molecule has 1 aliphatic rings. The summed E-state index contributed by atoms with van der Waals surface area (Å²) in [4.78, 5) is 16.1. The summed E-state index contributed by atoms with van der Waals surface area (Å²) in [5.74, 6) is -0.0594. The standard InChI is InChI=1S/C21H20N2O3S2/c24-21(23(18-10-11-18)15-19-7-4-14-27-19)16-8-12-20(13-9-16)28(25,26)22-17-5-2-1-3-6-17/h1-9,12-14,18,22H,10-11,15H2. The largest absolute Gasteiger partial charge is 0.331 e. The topological polar surface area (TPSA) is 66.5 Å². The maximum Gasteiger partial charge on any atom is 0.261 e. The van der Waals surface area contributed by atoms with Gasteiger partial charge in [-0.15, -0.1) is 11.3 Å². The fourth-order valence-corrected chi connectivity index (χ4v) is 4.75. The van der Waals surface area contributed by atoms with E-state index in [1.165, 1.54) is 12.1 Å². The van der Waals surface area contributed by atoms with Gasteiger partial charge in [0.25, 0.3) is 15.9 Å². The van der Waals surface area contributed by atoms with Crippen LogP contribution in [0.2, 0.25) is 0 Å². The molecule has 2 aromatic carbocycles. The van der Waals surface area contributed by atoms with E-state index in [2.05, 4.69) is 4.72 Å². The third-order valence-corrected chi connectivity index (χ3v) is 6.85. The van der Waals surface area contributed by atoms with Crippen molar-refractivity contribution in [3.05, 3.63) is 82.6 Å². The molecule has 1 aliphatic carbocycles. The van der Waals surface area contributed by atoms with Gasteiger partial charge in [-0.2, -0.15) is 0 Å². The minimum absolute atomic E-state index is 0.0594. The van der Waals surface area contributed by atoms with Crippen molar-refractivity contribution in [1.82, 2.24) is 4.90 Å². The SMILES string of the molecule is O=C(c1ccc(S(=O)(=O)Nc2ccccc2)cc1)N(Cc1cccs1)C1CC1. The Kier molecular flexibility index (Phi) is 5.19. The number of para-hydroxylation sites is 1. The monoisotopic (exact) mass is 412 g/mol. The minimum Gasteiger partial charge on any atom is -0.331 e. The minimum atomic E-state index is -3.69. The molecule has 1 fully saturated rings. The highest BCUT2D eigenvalue weighted by molar-refractivity contribution is 7.92. The molecule has 0 aliphatic heterocycles. The third kappa shape index (κ3) is 4.26. The van der Waals surface area contributed by atoms with Crippen LogP contribution >= 0.6 is 11.3 Å². The molecule has 0 spiro atoms. The van der Waals surface area contributed by atoms with Crippen molar-refractivity contribution in [3.8, 4) is 0 Å². The number of sulfonamides is 1. The summed E-state index contributed by atoms with van der Waals surface area (Å²) in [6.07, 6.45) is 2.04. The van der Waals surface area contributed by atoms with Crippen molar-refractivity contribution in [2.75, 3.05) is 4.72 Å². The summed E-state index contributed by atoms with van der Waals surface area (Å²) < 4.78 is 27.6. The van der Waals surface area contributed by atoms with Gasteiger partial charge in [-0.3, -0.25) is 9.52 Å². The molecule has 0 saturated heterocycles. The number of rotatable bonds is 7. The zero-order valence-electron chi connectivity index (χ0n) is 15.1. The number of carbonyl (C=O) groups is 1. The van der Waals surface area contributed by atoms with Gasteiger partial charge in [0.2, 0.25) is 0 Å². The van der Waals surface area contributed by atoms with Crippen molar-refractivity contribution in [1.29, 1.82) is 0 Å². The Morgan fingerprint density at radius 1 is 1.00 bits per heavy atom. The summed E-state index contributed by atoms with van der Waals surface area (Å²) in [5.41, 5.74) is 1.00. The number of carbonyl (C=O) groups excluding carboxylic acids is 1. The Labute approximate surface area is 168 Å². The van der Waals surface area contributed by atoms with Gasteiger partial charge in [0.15, 0.2) is 0 Å². The number of thiophene rings is 1. The number of amides is 1. The number of nitrogens with one attached hydrogen (secondary N) is 1. The Bertz CT molecular complexity index is 1040. The van der Waals surface area contributed by atoms with E-state index in [1.54, 1.807) is 47.7 Å². The van der Waals surface area contributed by atoms with E-state index in [-0.39, 0.29) is 16.8 Å². The summed E-state index contributed by atoms with van der Waals surface area (Å²) in [6.45, 7) is 0.594.